The van der Waals surface area contributed by atoms with Crippen molar-refractivity contribution in [3.8, 4) is 0 Å². The van der Waals surface area contributed by atoms with E-state index >= 15 is 0 Å². The highest BCUT2D eigenvalue weighted by Gasteiger charge is 2.18. The van der Waals surface area contributed by atoms with Crippen molar-refractivity contribution in [2.24, 2.45) is 0 Å². The Morgan fingerprint density at radius 1 is 1.67 bits per heavy atom. The number of nitrogens with zero attached hydrogens (tertiary/aromatic N) is 1. The van der Waals surface area contributed by atoms with Gasteiger partial charge in [0.05, 0.1) is 18.2 Å². The summed E-state index contributed by atoms with van der Waals surface area (Å²) in [6.07, 6.45) is 0. The molecule has 1 heterocycles. The summed E-state index contributed by atoms with van der Waals surface area (Å²) in [5.74, 6) is -1.42. The quantitative estimate of drug-likeness (QED) is 0.758. The zero-order chi connectivity index (χ0) is 11.4. The first-order valence-corrected chi connectivity index (χ1v) is 4.43. The fourth-order valence-electron chi connectivity index (χ4n) is 0.954. The van der Waals surface area contributed by atoms with Crippen LogP contribution in [0.25, 0.3) is 0 Å². The van der Waals surface area contributed by atoms with Gasteiger partial charge in [-0.15, -0.1) is 0 Å². The van der Waals surface area contributed by atoms with Crippen molar-refractivity contribution in [1.82, 2.24) is 10.5 Å². The summed E-state index contributed by atoms with van der Waals surface area (Å²) in [6, 6.07) is 1.52. The first-order valence-electron chi connectivity index (χ1n) is 4.43. The van der Waals surface area contributed by atoms with Crippen LogP contribution >= 0.6 is 0 Å². The van der Waals surface area contributed by atoms with Gasteiger partial charge < -0.3 is 14.9 Å². The summed E-state index contributed by atoms with van der Waals surface area (Å²) in [6.45, 7) is 3.12. The molecule has 1 amide bonds. The van der Waals surface area contributed by atoms with Crippen LogP contribution in [-0.4, -0.2) is 22.1 Å². The summed E-state index contributed by atoms with van der Waals surface area (Å²) >= 11 is 0. The Morgan fingerprint density at radius 2 is 2.33 bits per heavy atom. The second-order valence-corrected chi connectivity index (χ2v) is 3.19. The normalized spacial score (nSPS) is 12.1. The average molecular weight is 212 g/mol. The van der Waals surface area contributed by atoms with E-state index in [0.717, 1.165) is 0 Å². The predicted octanol–water partition coefficient (Wildman–Crippen LogP) is 0.499. The maximum absolute atomic E-state index is 10.6. The van der Waals surface area contributed by atoms with Gasteiger partial charge in [-0.2, -0.15) is 0 Å². The molecule has 0 bridgehead atoms. The Kier molecular flexibility index (Phi) is 3.43. The fraction of sp³-hybridized carbons (Fsp3) is 0.444. The number of hydrogen-bond donors (Lipinski definition) is 2. The molecule has 82 valence electrons. The summed E-state index contributed by atoms with van der Waals surface area (Å²) in [5.41, 5.74) is 0.350. The minimum absolute atomic E-state index is 0.181. The SMILES string of the molecule is CC(=O)NCc1cc(C(C)C(=O)O)no1. The van der Waals surface area contributed by atoms with Crippen molar-refractivity contribution >= 4 is 11.9 Å². The number of hydrogen-bond acceptors (Lipinski definition) is 4. The molecule has 0 spiro atoms. The third-order valence-corrected chi connectivity index (χ3v) is 1.90. The van der Waals surface area contributed by atoms with E-state index in [-0.39, 0.29) is 12.5 Å². The first-order chi connectivity index (χ1) is 7.00. The summed E-state index contributed by atoms with van der Waals surface area (Å²) < 4.78 is 4.86. The van der Waals surface area contributed by atoms with E-state index in [4.69, 9.17) is 9.63 Å². The molecule has 1 unspecified atom stereocenters. The molecule has 0 aliphatic carbocycles. The van der Waals surface area contributed by atoms with Gasteiger partial charge in [-0.25, -0.2) is 0 Å². The van der Waals surface area contributed by atoms with E-state index < -0.39 is 11.9 Å². The van der Waals surface area contributed by atoms with Crippen LogP contribution in [0, 0.1) is 0 Å². The number of carboxylic acids is 1. The van der Waals surface area contributed by atoms with Gasteiger partial charge in [0.25, 0.3) is 0 Å². The molecule has 2 N–H and O–H groups in total. The molecule has 1 rings (SSSR count). The van der Waals surface area contributed by atoms with E-state index in [0.29, 0.717) is 11.5 Å². The summed E-state index contributed by atoms with van der Waals surface area (Å²) in [5, 5.41) is 14.8. The molecular formula is C9H12N2O4. The van der Waals surface area contributed by atoms with Crippen LogP contribution in [0.5, 0.6) is 0 Å². The van der Waals surface area contributed by atoms with Gasteiger partial charge in [0.1, 0.15) is 0 Å². The molecule has 0 radical (unpaired) electrons. The standard InChI is InChI=1S/C9H12N2O4/c1-5(9(13)14)8-3-7(15-11-8)4-10-6(2)12/h3,5H,4H2,1-2H3,(H,10,12)(H,13,14). The molecule has 0 saturated heterocycles. The lowest BCUT2D eigenvalue weighted by molar-refractivity contribution is -0.138. The molecule has 0 aromatic carbocycles. The second kappa shape index (κ2) is 4.59. The van der Waals surface area contributed by atoms with Crippen LogP contribution in [0.3, 0.4) is 0 Å². The molecule has 6 heteroatoms. The van der Waals surface area contributed by atoms with Crippen LogP contribution in [0.15, 0.2) is 10.6 Å². The predicted molar refractivity (Wildman–Crippen MR) is 50.1 cm³/mol. The Balaban J connectivity index is 2.63. The zero-order valence-corrected chi connectivity index (χ0v) is 8.48. The highest BCUT2D eigenvalue weighted by Crippen LogP contribution is 2.15. The maximum Gasteiger partial charge on any atom is 0.312 e. The number of carbonyl (C=O) groups excluding carboxylic acids is 1. The van der Waals surface area contributed by atoms with Gasteiger partial charge in [-0.3, -0.25) is 9.59 Å². The van der Waals surface area contributed by atoms with Gasteiger partial charge >= 0.3 is 5.97 Å². The smallest absolute Gasteiger partial charge is 0.312 e. The largest absolute Gasteiger partial charge is 0.481 e. The second-order valence-electron chi connectivity index (χ2n) is 3.19. The molecule has 1 atom stereocenters. The van der Waals surface area contributed by atoms with Crippen molar-refractivity contribution in [2.45, 2.75) is 26.3 Å². The van der Waals surface area contributed by atoms with Gasteiger partial charge in [0, 0.05) is 13.0 Å². The van der Waals surface area contributed by atoms with Gasteiger partial charge in [0.15, 0.2) is 5.76 Å². The van der Waals surface area contributed by atoms with Crippen molar-refractivity contribution in [1.29, 1.82) is 0 Å². The van der Waals surface area contributed by atoms with Crippen LogP contribution in [-0.2, 0) is 16.1 Å². The Hall–Kier alpha value is -1.85. The lowest BCUT2D eigenvalue weighted by Crippen LogP contribution is -2.18. The van der Waals surface area contributed by atoms with Gasteiger partial charge in [-0.05, 0) is 6.92 Å². The average Bonchev–Trinajstić information content (AvgIpc) is 2.61. The minimum Gasteiger partial charge on any atom is -0.481 e. The van der Waals surface area contributed by atoms with Crippen molar-refractivity contribution in [3.05, 3.63) is 17.5 Å². The van der Waals surface area contributed by atoms with Crippen LogP contribution < -0.4 is 5.32 Å². The maximum atomic E-state index is 10.6. The monoisotopic (exact) mass is 212 g/mol. The molecule has 15 heavy (non-hydrogen) atoms. The molecular weight excluding hydrogens is 200 g/mol. The Labute approximate surface area is 86.3 Å². The Morgan fingerprint density at radius 3 is 2.87 bits per heavy atom. The Bertz CT molecular complexity index is 372. The summed E-state index contributed by atoms with van der Waals surface area (Å²) in [4.78, 5) is 21.2. The molecule has 0 saturated carbocycles. The third kappa shape index (κ3) is 3.08. The molecule has 0 aliphatic heterocycles. The van der Waals surface area contributed by atoms with Gasteiger partial charge in [-0.1, -0.05) is 5.16 Å². The van der Waals surface area contributed by atoms with Crippen LogP contribution in [0.4, 0.5) is 0 Å². The van der Waals surface area contributed by atoms with Gasteiger partial charge in [0.2, 0.25) is 5.91 Å². The van der Waals surface area contributed by atoms with E-state index in [1.807, 2.05) is 0 Å². The lowest BCUT2D eigenvalue weighted by Gasteiger charge is -1.98. The highest BCUT2D eigenvalue weighted by atomic mass is 16.5. The van der Waals surface area contributed by atoms with Crippen molar-refractivity contribution in [3.63, 3.8) is 0 Å². The number of aromatic nitrogens is 1. The van der Waals surface area contributed by atoms with Crippen LogP contribution in [0.1, 0.15) is 31.2 Å². The molecule has 0 fully saturated rings. The molecule has 6 nitrogen and oxygen atoms in total. The van der Waals surface area contributed by atoms with Crippen molar-refractivity contribution in [2.75, 3.05) is 0 Å². The minimum atomic E-state index is -0.964. The lowest BCUT2D eigenvalue weighted by atomic mass is 10.1. The number of aliphatic carboxylic acids is 1. The first kappa shape index (κ1) is 11.2. The van der Waals surface area contributed by atoms with Crippen LogP contribution in [0.2, 0.25) is 0 Å². The molecule has 1 aromatic rings. The van der Waals surface area contributed by atoms with E-state index in [1.54, 1.807) is 0 Å². The third-order valence-electron chi connectivity index (χ3n) is 1.90. The highest BCUT2D eigenvalue weighted by molar-refractivity contribution is 5.74. The topological polar surface area (TPSA) is 92.4 Å². The number of amides is 1. The summed E-state index contributed by atoms with van der Waals surface area (Å²) in [7, 11) is 0. The van der Waals surface area contributed by atoms with E-state index in [9.17, 15) is 9.59 Å². The molecule has 1 aromatic heterocycles. The number of rotatable bonds is 4. The fourth-order valence-corrected chi connectivity index (χ4v) is 0.954. The van der Waals surface area contributed by atoms with E-state index in [2.05, 4.69) is 10.5 Å². The number of carboxylic acid groups (broad SMARTS) is 1. The number of nitrogens with one attached hydrogen (secondary N) is 1. The van der Waals surface area contributed by atoms with Crippen molar-refractivity contribution < 1.29 is 19.2 Å². The number of carbonyl (C=O) groups is 2. The van der Waals surface area contributed by atoms with E-state index in [1.165, 1.54) is 19.9 Å². The zero-order valence-electron chi connectivity index (χ0n) is 8.48. The molecule has 0 aliphatic rings.